The highest BCUT2D eigenvalue weighted by molar-refractivity contribution is 6.33. The van der Waals surface area contributed by atoms with Crippen LogP contribution in [0.2, 0.25) is 5.02 Å². The minimum absolute atomic E-state index is 0.0744. The quantitative estimate of drug-likeness (QED) is 0.893. The highest BCUT2D eigenvalue weighted by Gasteiger charge is 2.27. The zero-order valence-corrected chi connectivity index (χ0v) is 11.8. The Balaban J connectivity index is 1.84. The first kappa shape index (κ1) is 14.3. The third-order valence-electron chi connectivity index (χ3n) is 3.45. The van der Waals surface area contributed by atoms with Gasteiger partial charge in [-0.2, -0.15) is 0 Å². The number of anilines is 1. The summed E-state index contributed by atoms with van der Waals surface area (Å²) in [5.74, 6) is -0.0744. The van der Waals surface area contributed by atoms with Gasteiger partial charge in [-0.3, -0.25) is 9.69 Å². The van der Waals surface area contributed by atoms with Crippen LogP contribution in [0.25, 0.3) is 0 Å². The first-order chi connectivity index (χ1) is 8.96. The van der Waals surface area contributed by atoms with Gasteiger partial charge < -0.3 is 10.4 Å². The maximum Gasteiger partial charge on any atom is 0.238 e. The summed E-state index contributed by atoms with van der Waals surface area (Å²) in [4.78, 5) is 14.0. The van der Waals surface area contributed by atoms with E-state index in [4.69, 9.17) is 11.6 Å². The fourth-order valence-electron chi connectivity index (χ4n) is 2.15. The van der Waals surface area contributed by atoms with E-state index in [1.54, 1.807) is 12.1 Å². The molecule has 1 aliphatic rings. The number of rotatable bonds is 3. The van der Waals surface area contributed by atoms with Crippen molar-refractivity contribution >= 4 is 23.2 Å². The Kier molecular flexibility index (Phi) is 4.45. The molecule has 0 atom stereocenters. The van der Waals surface area contributed by atoms with E-state index in [2.05, 4.69) is 5.32 Å². The maximum absolute atomic E-state index is 11.9. The highest BCUT2D eigenvalue weighted by Crippen LogP contribution is 2.22. The van der Waals surface area contributed by atoms with Crippen molar-refractivity contribution in [3.8, 4) is 0 Å². The SMILES string of the molecule is CC1(O)CCN(CC(=O)Nc2ccccc2Cl)CC1. The van der Waals surface area contributed by atoms with E-state index in [0.29, 0.717) is 30.1 Å². The molecule has 4 nitrogen and oxygen atoms in total. The summed E-state index contributed by atoms with van der Waals surface area (Å²) in [7, 11) is 0. The van der Waals surface area contributed by atoms with Gasteiger partial charge in [0.05, 0.1) is 22.9 Å². The Morgan fingerprint density at radius 2 is 2.05 bits per heavy atom. The molecule has 2 N–H and O–H groups in total. The summed E-state index contributed by atoms with van der Waals surface area (Å²) in [5, 5.41) is 13.2. The zero-order valence-electron chi connectivity index (χ0n) is 11.0. The van der Waals surface area contributed by atoms with Crippen molar-refractivity contribution in [3.05, 3.63) is 29.3 Å². The molecule has 0 saturated carbocycles. The lowest BCUT2D eigenvalue weighted by molar-refractivity contribution is -0.118. The molecule has 0 radical (unpaired) electrons. The van der Waals surface area contributed by atoms with Crippen molar-refractivity contribution in [1.82, 2.24) is 4.90 Å². The number of piperidine rings is 1. The normalized spacial score (nSPS) is 19.1. The smallest absolute Gasteiger partial charge is 0.238 e. The molecule has 5 heteroatoms. The lowest BCUT2D eigenvalue weighted by atomic mass is 9.94. The molecule has 104 valence electrons. The van der Waals surface area contributed by atoms with E-state index in [1.165, 1.54) is 0 Å². The molecule has 19 heavy (non-hydrogen) atoms. The monoisotopic (exact) mass is 282 g/mol. The van der Waals surface area contributed by atoms with E-state index in [0.717, 1.165) is 13.1 Å². The summed E-state index contributed by atoms with van der Waals surface area (Å²) in [6.45, 7) is 3.65. The minimum Gasteiger partial charge on any atom is -0.390 e. The lowest BCUT2D eigenvalue weighted by Gasteiger charge is -2.35. The second kappa shape index (κ2) is 5.90. The molecule has 0 bridgehead atoms. The number of carbonyl (C=O) groups is 1. The molecule has 0 aromatic heterocycles. The zero-order chi connectivity index (χ0) is 13.9. The Hall–Kier alpha value is -1.10. The van der Waals surface area contributed by atoms with Crippen LogP contribution in [0.15, 0.2) is 24.3 Å². The fourth-order valence-corrected chi connectivity index (χ4v) is 2.33. The first-order valence-electron chi connectivity index (χ1n) is 6.45. The Bertz CT molecular complexity index is 453. The summed E-state index contributed by atoms with van der Waals surface area (Å²) >= 11 is 5.99. The molecule has 0 spiro atoms. The van der Waals surface area contributed by atoms with Crippen molar-refractivity contribution in [3.63, 3.8) is 0 Å². The number of likely N-dealkylation sites (tertiary alicyclic amines) is 1. The second-order valence-corrected chi connectivity index (χ2v) is 5.71. The van der Waals surface area contributed by atoms with Gasteiger partial charge in [-0.05, 0) is 31.9 Å². The second-order valence-electron chi connectivity index (χ2n) is 5.30. The van der Waals surface area contributed by atoms with Gasteiger partial charge in [-0.15, -0.1) is 0 Å². The van der Waals surface area contributed by atoms with Crippen molar-refractivity contribution in [2.45, 2.75) is 25.4 Å². The van der Waals surface area contributed by atoms with Gasteiger partial charge in [0, 0.05) is 13.1 Å². The van der Waals surface area contributed by atoms with Crippen LogP contribution in [0, 0.1) is 0 Å². The number of aliphatic hydroxyl groups is 1. The largest absolute Gasteiger partial charge is 0.390 e. The van der Waals surface area contributed by atoms with Crippen LogP contribution >= 0.6 is 11.6 Å². The van der Waals surface area contributed by atoms with E-state index in [9.17, 15) is 9.90 Å². The molecule has 1 aromatic carbocycles. The first-order valence-corrected chi connectivity index (χ1v) is 6.83. The van der Waals surface area contributed by atoms with Crippen LogP contribution in [0.4, 0.5) is 5.69 Å². The maximum atomic E-state index is 11.9. The average molecular weight is 283 g/mol. The number of hydrogen-bond acceptors (Lipinski definition) is 3. The minimum atomic E-state index is -0.588. The summed E-state index contributed by atoms with van der Waals surface area (Å²) in [6, 6.07) is 7.18. The highest BCUT2D eigenvalue weighted by atomic mass is 35.5. The van der Waals surface area contributed by atoms with Gasteiger partial charge in [0.2, 0.25) is 5.91 Å². The van der Waals surface area contributed by atoms with Gasteiger partial charge in [-0.25, -0.2) is 0 Å². The number of halogens is 1. The van der Waals surface area contributed by atoms with E-state index >= 15 is 0 Å². The van der Waals surface area contributed by atoms with Crippen molar-refractivity contribution < 1.29 is 9.90 Å². The van der Waals surface area contributed by atoms with E-state index in [-0.39, 0.29) is 5.91 Å². The third-order valence-corrected chi connectivity index (χ3v) is 3.78. The van der Waals surface area contributed by atoms with E-state index < -0.39 is 5.60 Å². The molecular formula is C14H19ClN2O2. The third kappa shape index (κ3) is 4.20. The molecule has 1 aliphatic heterocycles. The fraction of sp³-hybridized carbons (Fsp3) is 0.500. The van der Waals surface area contributed by atoms with Crippen LogP contribution in [0.1, 0.15) is 19.8 Å². The number of nitrogens with zero attached hydrogens (tertiary/aromatic N) is 1. The van der Waals surface area contributed by atoms with Crippen molar-refractivity contribution in [2.75, 3.05) is 25.0 Å². The number of para-hydroxylation sites is 1. The van der Waals surface area contributed by atoms with Gasteiger partial charge in [0.25, 0.3) is 0 Å². The predicted octanol–water partition coefficient (Wildman–Crippen LogP) is 2.13. The molecule has 1 amide bonds. The van der Waals surface area contributed by atoms with Gasteiger partial charge in [-0.1, -0.05) is 23.7 Å². The summed E-state index contributed by atoms with van der Waals surface area (Å²) < 4.78 is 0. The van der Waals surface area contributed by atoms with Crippen LogP contribution < -0.4 is 5.32 Å². The molecule has 1 heterocycles. The number of benzene rings is 1. The van der Waals surface area contributed by atoms with Crippen LogP contribution in [-0.4, -0.2) is 41.1 Å². The molecule has 2 rings (SSSR count). The van der Waals surface area contributed by atoms with Crippen molar-refractivity contribution in [2.24, 2.45) is 0 Å². The lowest BCUT2D eigenvalue weighted by Crippen LogP contribution is -2.45. The van der Waals surface area contributed by atoms with E-state index in [1.807, 2.05) is 24.0 Å². The van der Waals surface area contributed by atoms with Crippen molar-refractivity contribution in [1.29, 1.82) is 0 Å². The van der Waals surface area contributed by atoms with Gasteiger partial charge in [0.1, 0.15) is 0 Å². The standard InChI is InChI=1S/C14H19ClN2O2/c1-14(19)6-8-17(9-7-14)10-13(18)16-12-5-3-2-4-11(12)15/h2-5,19H,6-10H2,1H3,(H,16,18). The number of amides is 1. The van der Waals surface area contributed by atoms with Gasteiger partial charge >= 0.3 is 0 Å². The summed E-state index contributed by atoms with van der Waals surface area (Å²) in [6.07, 6.45) is 1.40. The molecule has 1 fully saturated rings. The predicted molar refractivity (Wildman–Crippen MR) is 76.4 cm³/mol. The average Bonchev–Trinajstić information content (AvgIpc) is 2.35. The molecule has 0 unspecified atom stereocenters. The van der Waals surface area contributed by atoms with Crippen LogP contribution in [-0.2, 0) is 4.79 Å². The number of carbonyl (C=O) groups excluding carboxylic acids is 1. The molecule has 1 aromatic rings. The Labute approximate surface area is 118 Å². The summed E-state index contributed by atoms with van der Waals surface area (Å²) in [5.41, 5.74) is 0.0496. The number of hydrogen-bond donors (Lipinski definition) is 2. The van der Waals surface area contributed by atoms with Gasteiger partial charge in [0.15, 0.2) is 0 Å². The Morgan fingerprint density at radius 1 is 1.42 bits per heavy atom. The van der Waals surface area contributed by atoms with Crippen LogP contribution in [0.3, 0.4) is 0 Å². The molecular weight excluding hydrogens is 264 g/mol. The Morgan fingerprint density at radius 3 is 2.68 bits per heavy atom. The molecule has 0 aliphatic carbocycles. The molecule has 1 saturated heterocycles. The van der Waals surface area contributed by atoms with Crippen LogP contribution in [0.5, 0.6) is 0 Å². The number of nitrogens with one attached hydrogen (secondary N) is 1. The topological polar surface area (TPSA) is 52.6 Å².